The van der Waals surface area contributed by atoms with Gasteiger partial charge >= 0.3 is 0 Å². The lowest BCUT2D eigenvalue weighted by molar-refractivity contribution is 0.455. The van der Waals surface area contributed by atoms with Crippen LogP contribution in [0, 0.1) is 5.92 Å². The average molecular weight is 280 g/mol. The Labute approximate surface area is 118 Å². The minimum absolute atomic E-state index is 0. The Hall–Kier alpha value is -1.75. The number of anilines is 1. The molecule has 0 saturated carbocycles. The first-order chi connectivity index (χ1) is 8.75. The highest BCUT2D eigenvalue weighted by Gasteiger charge is 2.22. The number of halogens is 1. The number of nitrogens with zero attached hydrogens (tertiary/aromatic N) is 3. The van der Waals surface area contributed by atoms with Crippen LogP contribution in [0.4, 0.5) is 5.82 Å². The lowest BCUT2D eigenvalue weighted by Gasteiger charge is -2.33. The van der Waals surface area contributed by atoms with Crippen LogP contribution in [0.1, 0.15) is 12.8 Å². The summed E-state index contributed by atoms with van der Waals surface area (Å²) in [4.78, 5) is 14.0. The van der Waals surface area contributed by atoms with E-state index in [0.29, 0.717) is 5.92 Å². The van der Waals surface area contributed by atoms with Crippen molar-refractivity contribution < 1.29 is 0 Å². The van der Waals surface area contributed by atoms with E-state index in [1.807, 2.05) is 12.3 Å². The third-order valence-corrected chi connectivity index (χ3v) is 3.65. The molecule has 3 rings (SSSR count). The van der Waals surface area contributed by atoms with Gasteiger partial charge in [0.15, 0.2) is 0 Å². The average Bonchev–Trinajstić information content (AvgIpc) is 2.87. The van der Waals surface area contributed by atoms with Crippen molar-refractivity contribution in [1.82, 2.24) is 15.0 Å². The molecule has 5 nitrogen and oxygen atoms in total. The number of aromatic nitrogens is 3. The number of nitrogens with two attached hydrogens (primary N) is 1. The van der Waals surface area contributed by atoms with Crippen LogP contribution in [0.5, 0.6) is 0 Å². The maximum absolute atomic E-state index is 5.78. The number of nitrogens with one attached hydrogen (secondary N) is 1. The van der Waals surface area contributed by atoms with Gasteiger partial charge < -0.3 is 15.6 Å². The van der Waals surface area contributed by atoms with Crippen molar-refractivity contribution >= 4 is 29.3 Å². The van der Waals surface area contributed by atoms with E-state index in [2.05, 4.69) is 26.4 Å². The van der Waals surface area contributed by atoms with Crippen molar-refractivity contribution in [3.63, 3.8) is 0 Å². The standard InChI is InChI=1S/C13H17N5.ClH/c1-9(14)10-3-6-18(7-4-10)13-11-2-5-15-12(11)16-8-17-13;/h2,5,8,10H,1,3-4,6-7,14H2,(H,15,16,17);1H. The van der Waals surface area contributed by atoms with Crippen LogP contribution in [-0.4, -0.2) is 28.0 Å². The van der Waals surface area contributed by atoms with Crippen LogP contribution in [0.25, 0.3) is 11.0 Å². The molecule has 1 aliphatic heterocycles. The van der Waals surface area contributed by atoms with Gasteiger partial charge in [0.25, 0.3) is 0 Å². The van der Waals surface area contributed by atoms with Gasteiger partial charge in [-0.3, -0.25) is 0 Å². The van der Waals surface area contributed by atoms with Gasteiger partial charge in [0.1, 0.15) is 17.8 Å². The second-order valence-corrected chi connectivity index (χ2v) is 4.77. The van der Waals surface area contributed by atoms with E-state index in [4.69, 9.17) is 5.73 Å². The fourth-order valence-electron chi connectivity index (χ4n) is 2.57. The topological polar surface area (TPSA) is 70.8 Å². The van der Waals surface area contributed by atoms with Crippen molar-refractivity contribution in [1.29, 1.82) is 0 Å². The minimum Gasteiger partial charge on any atom is -0.402 e. The third-order valence-electron chi connectivity index (χ3n) is 3.65. The summed E-state index contributed by atoms with van der Waals surface area (Å²) in [6.07, 6.45) is 5.61. The van der Waals surface area contributed by atoms with Crippen molar-refractivity contribution in [3.05, 3.63) is 30.9 Å². The van der Waals surface area contributed by atoms with E-state index in [-0.39, 0.29) is 12.4 Å². The number of hydrogen-bond donors (Lipinski definition) is 2. The largest absolute Gasteiger partial charge is 0.402 e. The van der Waals surface area contributed by atoms with Crippen LogP contribution < -0.4 is 10.6 Å². The zero-order valence-corrected chi connectivity index (χ0v) is 11.5. The molecule has 2 aromatic rings. The predicted molar refractivity (Wildman–Crippen MR) is 79.4 cm³/mol. The number of H-pyrrole nitrogens is 1. The first kappa shape index (κ1) is 13.7. The number of aromatic amines is 1. The van der Waals surface area contributed by atoms with Crippen LogP contribution in [-0.2, 0) is 0 Å². The molecule has 0 bridgehead atoms. The Bertz CT molecular complexity index is 571. The van der Waals surface area contributed by atoms with Gasteiger partial charge in [-0.1, -0.05) is 6.58 Å². The molecule has 102 valence electrons. The zero-order valence-electron chi connectivity index (χ0n) is 10.7. The molecule has 0 radical (unpaired) electrons. The van der Waals surface area contributed by atoms with Crippen molar-refractivity contribution in [2.24, 2.45) is 11.7 Å². The van der Waals surface area contributed by atoms with E-state index in [0.717, 1.165) is 48.5 Å². The number of rotatable bonds is 2. The summed E-state index contributed by atoms with van der Waals surface area (Å²) in [6, 6.07) is 2.03. The highest BCUT2D eigenvalue weighted by atomic mass is 35.5. The van der Waals surface area contributed by atoms with Crippen molar-refractivity contribution in [3.8, 4) is 0 Å². The van der Waals surface area contributed by atoms with E-state index in [9.17, 15) is 0 Å². The normalized spacial score (nSPS) is 16.3. The van der Waals surface area contributed by atoms with Gasteiger partial charge in [-0.05, 0) is 18.9 Å². The molecule has 0 aromatic carbocycles. The van der Waals surface area contributed by atoms with Gasteiger partial charge in [-0.2, -0.15) is 0 Å². The summed E-state index contributed by atoms with van der Waals surface area (Å²) in [5, 5.41) is 1.09. The number of hydrogen-bond acceptors (Lipinski definition) is 4. The van der Waals surface area contributed by atoms with E-state index < -0.39 is 0 Å². The van der Waals surface area contributed by atoms with Crippen molar-refractivity contribution in [2.45, 2.75) is 12.8 Å². The fraction of sp³-hybridized carbons (Fsp3) is 0.385. The zero-order chi connectivity index (χ0) is 12.5. The van der Waals surface area contributed by atoms with Gasteiger partial charge in [-0.25, -0.2) is 9.97 Å². The van der Waals surface area contributed by atoms with Gasteiger partial charge in [0.2, 0.25) is 0 Å². The summed E-state index contributed by atoms with van der Waals surface area (Å²) in [5.74, 6) is 1.46. The van der Waals surface area contributed by atoms with Gasteiger partial charge in [0, 0.05) is 30.9 Å². The Morgan fingerprint density at radius 3 is 2.79 bits per heavy atom. The molecule has 0 aliphatic carbocycles. The first-order valence-electron chi connectivity index (χ1n) is 6.23. The molecule has 1 saturated heterocycles. The van der Waals surface area contributed by atoms with Crippen LogP contribution in [0.2, 0.25) is 0 Å². The Balaban J connectivity index is 0.00000133. The second kappa shape index (κ2) is 5.48. The number of fused-ring (bicyclic) bond motifs is 1. The molecule has 3 N–H and O–H groups in total. The molecule has 0 unspecified atom stereocenters. The molecule has 0 spiro atoms. The second-order valence-electron chi connectivity index (χ2n) is 4.77. The smallest absolute Gasteiger partial charge is 0.142 e. The van der Waals surface area contributed by atoms with Gasteiger partial charge in [0.05, 0.1) is 5.39 Å². The highest BCUT2D eigenvalue weighted by molar-refractivity contribution is 5.87. The van der Waals surface area contributed by atoms with Gasteiger partial charge in [-0.15, -0.1) is 12.4 Å². The lowest BCUT2D eigenvalue weighted by Crippen LogP contribution is -2.35. The molecule has 0 atom stereocenters. The third kappa shape index (κ3) is 2.51. The Morgan fingerprint density at radius 2 is 2.11 bits per heavy atom. The van der Waals surface area contributed by atoms with Crippen LogP contribution >= 0.6 is 12.4 Å². The van der Waals surface area contributed by atoms with Crippen molar-refractivity contribution in [2.75, 3.05) is 18.0 Å². The van der Waals surface area contributed by atoms with E-state index in [1.165, 1.54) is 0 Å². The first-order valence-corrected chi connectivity index (χ1v) is 6.23. The maximum atomic E-state index is 5.78. The number of allylic oxidation sites excluding steroid dienone is 1. The molecule has 3 heterocycles. The van der Waals surface area contributed by atoms with E-state index in [1.54, 1.807) is 6.33 Å². The minimum atomic E-state index is 0. The summed E-state index contributed by atoms with van der Waals surface area (Å²) >= 11 is 0. The Morgan fingerprint density at radius 1 is 1.37 bits per heavy atom. The van der Waals surface area contributed by atoms with E-state index >= 15 is 0 Å². The molecular formula is C13H18ClN5. The van der Waals surface area contributed by atoms with Crippen LogP contribution in [0.3, 0.4) is 0 Å². The Kier molecular flexibility index (Phi) is 3.95. The molecule has 0 amide bonds. The molecule has 1 aliphatic rings. The maximum Gasteiger partial charge on any atom is 0.142 e. The molecule has 19 heavy (non-hydrogen) atoms. The summed E-state index contributed by atoms with van der Waals surface area (Å²) in [6.45, 7) is 5.79. The number of piperidine rings is 1. The lowest BCUT2D eigenvalue weighted by atomic mass is 9.94. The molecule has 6 heteroatoms. The van der Waals surface area contributed by atoms with Crippen LogP contribution in [0.15, 0.2) is 30.9 Å². The molecule has 1 fully saturated rings. The molecule has 2 aromatic heterocycles. The fourth-order valence-corrected chi connectivity index (χ4v) is 2.57. The summed E-state index contributed by atoms with van der Waals surface area (Å²) in [5.41, 5.74) is 7.48. The quantitative estimate of drug-likeness (QED) is 0.883. The summed E-state index contributed by atoms with van der Waals surface area (Å²) in [7, 11) is 0. The predicted octanol–water partition coefficient (Wildman–Crippen LogP) is 2.07. The monoisotopic (exact) mass is 279 g/mol. The highest BCUT2D eigenvalue weighted by Crippen LogP contribution is 2.28. The molecular weight excluding hydrogens is 262 g/mol. The summed E-state index contributed by atoms with van der Waals surface area (Å²) < 4.78 is 0. The SMILES string of the molecule is C=C(N)C1CCN(c2ncnc3[nH]ccc23)CC1.Cl.